The van der Waals surface area contributed by atoms with E-state index in [-0.39, 0.29) is 11.8 Å². The summed E-state index contributed by atoms with van der Waals surface area (Å²) in [6, 6.07) is 1.67. The van der Waals surface area contributed by atoms with Gasteiger partial charge in [-0.25, -0.2) is 0 Å². The molecule has 0 aromatic carbocycles. The number of pyridine rings is 1. The summed E-state index contributed by atoms with van der Waals surface area (Å²) in [4.78, 5) is 3.88. The van der Waals surface area contributed by atoms with Crippen LogP contribution < -0.4 is 5.73 Å². The molecule has 1 aromatic heterocycles. The normalized spacial score (nSPS) is 12.8. The van der Waals surface area contributed by atoms with E-state index in [0.717, 1.165) is 24.8 Å². The second-order valence-electron chi connectivity index (χ2n) is 3.23. The first-order valence-corrected chi connectivity index (χ1v) is 4.63. The van der Waals surface area contributed by atoms with Crippen molar-refractivity contribution in [3.05, 3.63) is 24.0 Å². The van der Waals surface area contributed by atoms with Gasteiger partial charge in [0, 0.05) is 12.2 Å². The van der Waals surface area contributed by atoms with Crippen molar-refractivity contribution in [1.82, 2.24) is 4.98 Å². The number of hydrogen-bond donors (Lipinski definition) is 2. The lowest BCUT2D eigenvalue weighted by Gasteiger charge is -2.10. The zero-order valence-electron chi connectivity index (χ0n) is 7.90. The van der Waals surface area contributed by atoms with E-state index in [0.29, 0.717) is 0 Å². The number of rotatable bonds is 4. The number of aromatic nitrogens is 1. The first kappa shape index (κ1) is 9.99. The monoisotopic (exact) mass is 180 g/mol. The number of nitrogens with zero attached hydrogens (tertiary/aromatic N) is 1. The van der Waals surface area contributed by atoms with Crippen LogP contribution in [0.1, 0.15) is 37.8 Å². The molecule has 0 aliphatic heterocycles. The van der Waals surface area contributed by atoms with Crippen LogP contribution in [0, 0.1) is 0 Å². The highest BCUT2D eigenvalue weighted by Crippen LogP contribution is 2.18. The summed E-state index contributed by atoms with van der Waals surface area (Å²) < 4.78 is 0. The molecule has 0 saturated heterocycles. The van der Waals surface area contributed by atoms with Gasteiger partial charge >= 0.3 is 0 Å². The SMILES string of the molecule is CCCC[C@@H](N)c1cncc(O)c1. The third kappa shape index (κ3) is 3.03. The predicted octanol–water partition coefficient (Wildman–Crippen LogP) is 1.98. The summed E-state index contributed by atoms with van der Waals surface area (Å²) in [5.74, 6) is 0.185. The molecule has 1 atom stereocenters. The van der Waals surface area contributed by atoms with Gasteiger partial charge in [-0.05, 0) is 18.1 Å². The summed E-state index contributed by atoms with van der Waals surface area (Å²) in [5.41, 5.74) is 6.81. The van der Waals surface area contributed by atoms with E-state index < -0.39 is 0 Å². The highest BCUT2D eigenvalue weighted by Gasteiger charge is 2.05. The van der Waals surface area contributed by atoms with E-state index in [2.05, 4.69) is 11.9 Å². The lowest BCUT2D eigenvalue weighted by molar-refractivity contribution is 0.470. The Morgan fingerprint density at radius 3 is 2.92 bits per heavy atom. The fourth-order valence-electron chi connectivity index (χ4n) is 1.24. The van der Waals surface area contributed by atoms with Gasteiger partial charge in [-0.1, -0.05) is 19.8 Å². The maximum atomic E-state index is 9.17. The van der Waals surface area contributed by atoms with Crippen molar-refractivity contribution < 1.29 is 5.11 Å². The Labute approximate surface area is 78.6 Å². The smallest absolute Gasteiger partial charge is 0.134 e. The topological polar surface area (TPSA) is 59.1 Å². The molecule has 0 aliphatic carbocycles. The Bertz CT molecular complexity index is 263. The molecule has 1 aromatic rings. The molecule has 1 rings (SSSR count). The highest BCUT2D eigenvalue weighted by molar-refractivity contribution is 5.24. The minimum absolute atomic E-state index is 0.000417. The third-order valence-electron chi connectivity index (χ3n) is 2.04. The van der Waals surface area contributed by atoms with Gasteiger partial charge in [0.1, 0.15) is 5.75 Å². The van der Waals surface area contributed by atoms with Crippen LogP contribution in [0.15, 0.2) is 18.5 Å². The van der Waals surface area contributed by atoms with E-state index in [1.54, 1.807) is 12.3 Å². The summed E-state index contributed by atoms with van der Waals surface area (Å²) in [6.45, 7) is 2.13. The van der Waals surface area contributed by atoms with Gasteiger partial charge in [0.25, 0.3) is 0 Å². The van der Waals surface area contributed by atoms with Crippen molar-refractivity contribution in [3.8, 4) is 5.75 Å². The lowest BCUT2D eigenvalue weighted by Crippen LogP contribution is -2.10. The maximum Gasteiger partial charge on any atom is 0.134 e. The van der Waals surface area contributed by atoms with Crippen LogP contribution in [0.25, 0.3) is 0 Å². The van der Waals surface area contributed by atoms with Gasteiger partial charge in [-0.2, -0.15) is 0 Å². The Kier molecular flexibility index (Phi) is 3.71. The zero-order chi connectivity index (χ0) is 9.68. The van der Waals surface area contributed by atoms with Crippen LogP contribution in [-0.4, -0.2) is 10.1 Å². The number of aromatic hydroxyl groups is 1. The molecule has 0 aliphatic rings. The Morgan fingerprint density at radius 2 is 2.31 bits per heavy atom. The molecule has 3 N–H and O–H groups in total. The molecule has 0 amide bonds. The van der Waals surface area contributed by atoms with Crippen LogP contribution >= 0.6 is 0 Å². The van der Waals surface area contributed by atoms with Crippen LogP contribution in [-0.2, 0) is 0 Å². The summed E-state index contributed by atoms with van der Waals surface area (Å²) in [5, 5.41) is 9.17. The van der Waals surface area contributed by atoms with E-state index in [1.165, 1.54) is 6.20 Å². The molecule has 3 heteroatoms. The predicted molar refractivity (Wildman–Crippen MR) is 52.4 cm³/mol. The van der Waals surface area contributed by atoms with Gasteiger partial charge in [-0.15, -0.1) is 0 Å². The number of hydrogen-bond acceptors (Lipinski definition) is 3. The minimum Gasteiger partial charge on any atom is -0.506 e. The van der Waals surface area contributed by atoms with Crippen LogP contribution in [0.5, 0.6) is 5.75 Å². The van der Waals surface area contributed by atoms with Gasteiger partial charge in [0.05, 0.1) is 6.20 Å². The average molecular weight is 180 g/mol. The largest absolute Gasteiger partial charge is 0.506 e. The Hall–Kier alpha value is -1.09. The molecule has 72 valence electrons. The van der Waals surface area contributed by atoms with Gasteiger partial charge < -0.3 is 10.8 Å². The number of nitrogens with two attached hydrogens (primary N) is 1. The highest BCUT2D eigenvalue weighted by atomic mass is 16.3. The lowest BCUT2D eigenvalue weighted by atomic mass is 10.0. The minimum atomic E-state index is -0.000417. The van der Waals surface area contributed by atoms with Crippen LogP contribution in [0.4, 0.5) is 0 Å². The first-order chi connectivity index (χ1) is 6.24. The summed E-state index contributed by atoms with van der Waals surface area (Å²) in [6.07, 6.45) is 6.31. The fraction of sp³-hybridized carbons (Fsp3) is 0.500. The maximum absolute atomic E-state index is 9.17. The number of unbranched alkanes of at least 4 members (excludes halogenated alkanes) is 1. The quantitative estimate of drug-likeness (QED) is 0.744. The van der Waals surface area contributed by atoms with E-state index in [9.17, 15) is 0 Å². The zero-order valence-corrected chi connectivity index (χ0v) is 7.90. The van der Waals surface area contributed by atoms with Crippen molar-refractivity contribution in [2.45, 2.75) is 32.2 Å². The Morgan fingerprint density at radius 1 is 1.54 bits per heavy atom. The standard InChI is InChI=1S/C10H16N2O/c1-2-3-4-10(11)8-5-9(13)7-12-6-8/h5-7,10,13H,2-4,11H2,1H3/t10-/m1/s1. The van der Waals surface area contributed by atoms with Gasteiger partial charge in [0.2, 0.25) is 0 Å². The van der Waals surface area contributed by atoms with E-state index in [1.807, 2.05) is 0 Å². The van der Waals surface area contributed by atoms with Crippen molar-refractivity contribution in [1.29, 1.82) is 0 Å². The van der Waals surface area contributed by atoms with Crippen LogP contribution in [0.2, 0.25) is 0 Å². The molecule has 3 nitrogen and oxygen atoms in total. The Balaban J connectivity index is 2.60. The van der Waals surface area contributed by atoms with Crippen molar-refractivity contribution in [2.75, 3.05) is 0 Å². The first-order valence-electron chi connectivity index (χ1n) is 4.63. The molecule has 1 heterocycles. The second kappa shape index (κ2) is 4.82. The molecule has 0 spiro atoms. The third-order valence-corrected chi connectivity index (χ3v) is 2.04. The molecular formula is C10H16N2O. The molecule has 0 saturated carbocycles. The van der Waals surface area contributed by atoms with Crippen molar-refractivity contribution >= 4 is 0 Å². The fourth-order valence-corrected chi connectivity index (χ4v) is 1.24. The van der Waals surface area contributed by atoms with Crippen LogP contribution in [0.3, 0.4) is 0 Å². The van der Waals surface area contributed by atoms with Crippen molar-refractivity contribution in [3.63, 3.8) is 0 Å². The van der Waals surface area contributed by atoms with Crippen molar-refractivity contribution in [2.24, 2.45) is 5.73 Å². The van der Waals surface area contributed by atoms with Gasteiger partial charge in [0.15, 0.2) is 0 Å². The van der Waals surface area contributed by atoms with E-state index >= 15 is 0 Å². The summed E-state index contributed by atoms with van der Waals surface area (Å²) in [7, 11) is 0. The molecule has 0 unspecified atom stereocenters. The van der Waals surface area contributed by atoms with E-state index in [4.69, 9.17) is 10.8 Å². The molecule has 0 fully saturated rings. The molecule has 0 bridgehead atoms. The average Bonchev–Trinajstić information content (AvgIpc) is 2.14. The molecule has 13 heavy (non-hydrogen) atoms. The van der Waals surface area contributed by atoms with Gasteiger partial charge in [-0.3, -0.25) is 4.98 Å². The molecular weight excluding hydrogens is 164 g/mol. The second-order valence-corrected chi connectivity index (χ2v) is 3.23. The molecule has 0 radical (unpaired) electrons. The summed E-state index contributed by atoms with van der Waals surface area (Å²) >= 11 is 0.